The standard InChI is InChI=1S/C22H19N7O3/c30-11-18(13-4-2-1-3-5-13)26-16-8-20(23-9-15(16)22-29-25-12-32-22)28-19-7-6-14-17(27-19)10-24-21(14)31/h1-9,12,18,30H,10-11H2,(H,24,31)(H2,23,26,27,28)/t18-/m1/s1. The lowest BCUT2D eigenvalue weighted by atomic mass is 10.1. The second-order valence-electron chi connectivity index (χ2n) is 7.15. The number of hydrogen-bond donors (Lipinski definition) is 4. The lowest BCUT2D eigenvalue weighted by molar-refractivity contribution is 0.0965. The van der Waals surface area contributed by atoms with E-state index in [4.69, 9.17) is 4.42 Å². The predicted molar refractivity (Wildman–Crippen MR) is 116 cm³/mol. The number of aliphatic hydroxyl groups is 1. The number of hydrogen-bond acceptors (Lipinski definition) is 9. The molecule has 5 rings (SSSR count). The zero-order valence-electron chi connectivity index (χ0n) is 16.8. The molecule has 1 aromatic carbocycles. The summed E-state index contributed by atoms with van der Waals surface area (Å²) in [6.45, 7) is 0.279. The second kappa shape index (κ2) is 8.44. The predicted octanol–water partition coefficient (Wildman–Crippen LogP) is 2.66. The molecule has 4 heterocycles. The van der Waals surface area contributed by atoms with Gasteiger partial charge in [-0.15, -0.1) is 10.2 Å². The SMILES string of the molecule is O=C1NCc2nc(Nc3cc(N[C@H](CO)c4ccccc4)c(-c4nnco4)cn3)ccc21. The Balaban J connectivity index is 1.47. The summed E-state index contributed by atoms with van der Waals surface area (Å²) in [4.78, 5) is 20.7. The van der Waals surface area contributed by atoms with Crippen LogP contribution in [0.2, 0.25) is 0 Å². The number of nitrogens with zero attached hydrogens (tertiary/aromatic N) is 4. The van der Waals surface area contributed by atoms with E-state index in [0.717, 1.165) is 5.56 Å². The molecule has 0 spiro atoms. The first kappa shape index (κ1) is 19.6. The van der Waals surface area contributed by atoms with E-state index in [1.807, 2.05) is 30.3 Å². The minimum Gasteiger partial charge on any atom is -0.423 e. The number of amides is 1. The number of fused-ring (bicyclic) bond motifs is 1. The topological polar surface area (TPSA) is 138 Å². The number of carbonyl (C=O) groups is 1. The first-order valence-electron chi connectivity index (χ1n) is 9.95. The second-order valence-corrected chi connectivity index (χ2v) is 7.15. The van der Waals surface area contributed by atoms with Crippen molar-refractivity contribution in [1.82, 2.24) is 25.5 Å². The van der Waals surface area contributed by atoms with Crippen LogP contribution in [0, 0.1) is 0 Å². The van der Waals surface area contributed by atoms with Gasteiger partial charge in [-0.25, -0.2) is 9.97 Å². The summed E-state index contributed by atoms with van der Waals surface area (Å²) in [6.07, 6.45) is 2.85. The Labute approximate surface area is 182 Å². The van der Waals surface area contributed by atoms with Crippen molar-refractivity contribution in [3.63, 3.8) is 0 Å². The molecule has 1 aliphatic heterocycles. The van der Waals surface area contributed by atoms with E-state index >= 15 is 0 Å². The summed E-state index contributed by atoms with van der Waals surface area (Å²) >= 11 is 0. The lowest BCUT2D eigenvalue weighted by Crippen LogP contribution is -2.15. The first-order chi connectivity index (χ1) is 15.7. The highest BCUT2D eigenvalue weighted by molar-refractivity contribution is 5.98. The normalized spacial score (nSPS) is 13.3. The van der Waals surface area contributed by atoms with Gasteiger partial charge in [0.05, 0.1) is 41.7 Å². The van der Waals surface area contributed by atoms with Crippen molar-refractivity contribution in [2.24, 2.45) is 0 Å². The number of nitrogens with one attached hydrogen (secondary N) is 3. The van der Waals surface area contributed by atoms with Crippen LogP contribution in [0.1, 0.15) is 27.7 Å². The molecule has 3 aromatic heterocycles. The van der Waals surface area contributed by atoms with Crippen LogP contribution in [0.15, 0.2) is 65.5 Å². The summed E-state index contributed by atoms with van der Waals surface area (Å²) in [5, 5.41) is 27.0. The Morgan fingerprint density at radius 1 is 1.12 bits per heavy atom. The van der Waals surface area contributed by atoms with E-state index in [0.29, 0.717) is 46.6 Å². The number of anilines is 3. The fraction of sp³-hybridized carbons (Fsp3) is 0.136. The largest absolute Gasteiger partial charge is 0.423 e. The Morgan fingerprint density at radius 3 is 2.78 bits per heavy atom. The number of aliphatic hydroxyl groups excluding tert-OH is 1. The van der Waals surface area contributed by atoms with Crippen LogP contribution in [0.4, 0.5) is 17.3 Å². The molecule has 1 atom stereocenters. The van der Waals surface area contributed by atoms with Gasteiger partial charge in [-0.3, -0.25) is 4.79 Å². The van der Waals surface area contributed by atoms with Gasteiger partial charge in [-0.1, -0.05) is 30.3 Å². The number of carbonyl (C=O) groups excluding carboxylic acids is 1. The summed E-state index contributed by atoms with van der Waals surface area (Å²) in [5.74, 6) is 1.26. The molecular formula is C22H19N7O3. The first-order valence-corrected chi connectivity index (χ1v) is 9.95. The molecule has 160 valence electrons. The van der Waals surface area contributed by atoms with Gasteiger partial charge in [0, 0.05) is 12.3 Å². The zero-order valence-corrected chi connectivity index (χ0v) is 16.8. The molecule has 0 radical (unpaired) electrons. The summed E-state index contributed by atoms with van der Waals surface area (Å²) in [6, 6.07) is 14.5. The van der Waals surface area contributed by atoms with Crippen molar-refractivity contribution in [3.05, 3.63) is 77.9 Å². The minimum absolute atomic E-state index is 0.119. The van der Waals surface area contributed by atoms with Crippen LogP contribution < -0.4 is 16.0 Å². The summed E-state index contributed by atoms with van der Waals surface area (Å²) < 4.78 is 5.36. The lowest BCUT2D eigenvalue weighted by Gasteiger charge is -2.20. The average molecular weight is 429 g/mol. The monoisotopic (exact) mass is 429 g/mol. The van der Waals surface area contributed by atoms with E-state index in [1.165, 1.54) is 6.39 Å². The van der Waals surface area contributed by atoms with E-state index < -0.39 is 0 Å². The van der Waals surface area contributed by atoms with Crippen LogP contribution in [-0.2, 0) is 6.54 Å². The van der Waals surface area contributed by atoms with Gasteiger partial charge >= 0.3 is 0 Å². The maximum atomic E-state index is 11.7. The van der Waals surface area contributed by atoms with Crippen LogP contribution in [0.3, 0.4) is 0 Å². The Bertz CT molecular complexity index is 1250. The molecule has 32 heavy (non-hydrogen) atoms. The van der Waals surface area contributed by atoms with Crippen LogP contribution >= 0.6 is 0 Å². The smallest absolute Gasteiger partial charge is 0.253 e. The molecule has 0 bridgehead atoms. The van der Waals surface area contributed by atoms with Crippen LogP contribution in [-0.4, -0.2) is 37.8 Å². The number of aromatic nitrogens is 4. The molecule has 4 N–H and O–H groups in total. The van der Waals surface area contributed by atoms with Crippen molar-refractivity contribution < 1.29 is 14.3 Å². The van der Waals surface area contributed by atoms with Gasteiger partial charge in [-0.05, 0) is 17.7 Å². The molecule has 1 amide bonds. The molecule has 0 saturated heterocycles. The minimum atomic E-state index is -0.358. The average Bonchev–Trinajstić information content (AvgIpc) is 3.48. The number of rotatable bonds is 7. The molecule has 0 unspecified atom stereocenters. The number of benzene rings is 1. The van der Waals surface area contributed by atoms with Crippen molar-refractivity contribution in [2.45, 2.75) is 12.6 Å². The maximum absolute atomic E-state index is 11.7. The molecule has 0 aliphatic carbocycles. The van der Waals surface area contributed by atoms with Crippen molar-refractivity contribution >= 4 is 23.2 Å². The quantitative estimate of drug-likeness (QED) is 0.349. The Morgan fingerprint density at radius 2 is 2.00 bits per heavy atom. The van der Waals surface area contributed by atoms with Gasteiger partial charge in [0.25, 0.3) is 11.8 Å². The molecule has 4 aromatic rings. The Hall–Kier alpha value is -4.31. The van der Waals surface area contributed by atoms with E-state index in [2.05, 4.69) is 36.1 Å². The van der Waals surface area contributed by atoms with Gasteiger partial charge in [-0.2, -0.15) is 0 Å². The third kappa shape index (κ3) is 3.86. The fourth-order valence-electron chi connectivity index (χ4n) is 3.51. The Kier molecular flexibility index (Phi) is 5.18. The van der Waals surface area contributed by atoms with E-state index in [-0.39, 0.29) is 18.6 Å². The van der Waals surface area contributed by atoms with E-state index in [1.54, 1.807) is 24.4 Å². The van der Waals surface area contributed by atoms with E-state index in [9.17, 15) is 9.90 Å². The van der Waals surface area contributed by atoms with Crippen LogP contribution in [0.5, 0.6) is 0 Å². The molecule has 10 nitrogen and oxygen atoms in total. The summed E-state index contributed by atoms with van der Waals surface area (Å²) in [5.41, 5.74) is 3.43. The van der Waals surface area contributed by atoms with Crippen molar-refractivity contribution in [2.75, 3.05) is 17.2 Å². The van der Waals surface area contributed by atoms with Crippen LogP contribution in [0.25, 0.3) is 11.5 Å². The molecule has 10 heteroatoms. The van der Waals surface area contributed by atoms with Crippen molar-refractivity contribution in [1.29, 1.82) is 0 Å². The zero-order chi connectivity index (χ0) is 21.9. The molecule has 1 aliphatic rings. The van der Waals surface area contributed by atoms with Gasteiger partial charge in [0.1, 0.15) is 11.6 Å². The maximum Gasteiger partial charge on any atom is 0.253 e. The fourth-order valence-corrected chi connectivity index (χ4v) is 3.51. The number of pyridine rings is 2. The highest BCUT2D eigenvalue weighted by atomic mass is 16.4. The summed E-state index contributed by atoms with van der Waals surface area (Å²) in [7, 11) is 0. The molecule has 0 saturated carbocycles. The molecule has 0 fully saturated rings. The van der Waals surface area contributed by atoms with Gasteiger partial charge in [0.15, 0.2) is 0 Å². The third-order valence-corrected chi connectivity index (χ3v) is 5.10. The molecular weight excluding hydrogens is 410 g/mol. The van der Waals surface area contributed by atoms with Gasteiger partial charge in [0.2, 0.25) is 6.39 Å². The van der Waals surface area contributed by atoms with Gasteiger partial charge < -0.3 is 25.5 Å². The highest BCUT2D eigenvalue weighted by Crippen LogP contribution is 2.31. The van der Waals surface area contributed by atoms with Crippen molar-refractivity contribution in [3.8, 4) is 11.5 Å². The highest BCUT2D eigenvalue weighted by Gasteiger charge is 2.21. The third-order valence-electron chi connectivity index (χ3n) is 5.10.